The molecule has 0 bridgehead atoms. The van der Waals surface area contributed by atoms with E-state index in [0.717, 1.165) is 0 Å². The molecule has 1 aromatic heterocycles. The third kappa shape index (κ3) is 4.21. The second-order valence-electron chi connectivity index (χ2n) is 7.90. The van der Waals surface area contributed by atoms with Gasteiger partial charge in [0, 0.05) is 37.1 Å². The molecule has 3 heterocycles. The van der Waals surface area contributed by atoms with Crippen molar-refractivity contribution in [3.8, 4) is 5.75 Å². The number of aromatic nitrogens is 1. The van der Waals surface area contributed by atoms with Crippen molar-refractivity contribution in [2.45, 2.75) is 19.1 Å². The maximum absolute atomic E-state index is 13.3. The average molecular weight is 472 g/mol. The molecule has 2 aliphatic rings. The number of hydrogen-bond donors (Lipinski definition) is 0. The predicted molar refractivity (Wildman–Crippen MR) is 121 cm³/mol. The van der Waals surface area contributed by atoms with Gasteiger partial charge in [-0.25, -0.2) is 4.79 Å². The molecule has 0 aliphatic carbocycles. The first kappa shape index (κ1) is 21.5. The molecule has 0 radical (unpaired) electrons. The lowest BCUT2D eigenvalue weighted by atomic mass is 10.1. The third-order valence-corrected chi connectivity index (χ3v) is 6.09. The zero-order valence-electron chi connectivity index (χ0n) is 17.7. The lowest BCUT2D eigenvalue weighted by Gasteiger charge is -2.37. The minimum Gasteiger partial charge on any atom is -0.476 e. The molecular weight excluding hydrogens is 450 g/mol. The second-order valence-corrected chi connectivity index (χ2v) is 8.33. The fraction of sp³-hybridized carbons (Fsp3) is 0.348. The van der Waals surface area contributed by atoms with Crippen LogP contribution >= 0.6 is 11.6 Å². The summed E-state index contributed by atoms with van der Waals surface area (Å²) >= 11 is 5.97. The largest absolute Gasteiger partial charge is 0.476 e. The Bertz CT molecular complexity index is 1260. The quantitative estimate of drug-likeness (QED) is 0.579. The number of aryl methyl sites for hydroxylation is 1. The van der Waals surface area contributed by atoms with E-state index in [1.54, 1.807) is 46.2 Å². The number of oxazole rings is 1. The number of para-hydroxylation sites is 2. The van der Waals surface area contributed by atoms with Gasteiger partial charge < -0.3 is 23.7 Å². The van der Waals surface area contributed by atoms with Gasteiger partial charge in [0.1, 0.15) is 5.75 Å². The Balaban J connectivity index is 1.36. The van der Waals surface area contributed by atoms with Gasteiger partial charge in [-0.3, -0.25) is 14.2 Å². The van der Waals surface area contributed by atoms with Gasteiger partial charge in [0.25, 0.3) is 5.91 Å². The molecule has 0 saturated carbocycles. The predicted octanol–water partition coefficient (Wildman–Crippen LogP) is 2.29. The van der Waals surface area contributed by atoms with Gasteiger partial charge in [0.15, 0.2) is 11.7 Å². The van der Waals surface area contributed by atoms with Crippen LogP contribution in [0.15, 0.2) is 51.7 Å². The molecule has 2 amide bonds. The first-order chi connectivity index (χ1) is 16.0. The lowest BCUT2D eigenvalue weighted by Crippen LogP contribution is -2.54. The first-order valence-electron chi connectivity index (χ1n) is 10.7. The maximum Gasteiger partial charge on any atom is 0.419 e. The highest BCUT2D eigenvalue weighted by atomic mass is 35.5. The van der Waals surface area contributed by atoms with Crippen molar-refractivity contribution >= 4 is 40.2 Å². The third-order valence-electron chi connectivity index (χ3n) is 5.85. The van der Waals surface area contributed by atoms with E-state index in [-0.39, 0.29) is 31.3 Å². The van der Waals surface area contributed by atoms with E-state index >= 15 is 0 Å². The molecule has 1 saturated heterocycles. The normalized spacial score (nSPS) is 18.2. The number of halogens is 1. The van der Waals surface area contributed by atoms with Crippen molar-refractivity contribution in [3.63, 3.8) is 0 Å². The number of morpholine rings is 1. The van der Waals surface area contributed by atoms with E-state index in [2.05, 4.69) is 0 Å². The summed E-state index contributed by atoms with van der Waals surface area (Å²) in [4.78, 5) is 41.9. The van der Waals surface area contributed by atoms with Crippen LogP contribution < -0.4 is 15.4 Å². The van der Waals surface area contributed by atoms with Crippen LogP contribution in [0.25, 0.3) is 11.1 Å². The smallest absolute Gasteiger partial charge is 0.419 e. The summed E-state index contributed by atoms with van der Waals surface area (Å²) in [6.45, 7) is 2.19. The minimum atomic E-state index is -0.804. The Morgan fingerprint density at radius 3 is 2.70 bits per heavy atom. The van der Waals surface area contributed by atoms with Crippen molar-refractivity contribution in [1.82, 2.24) is 9.47 Å². The highest BCUT2D eigenvalue weighted by molar-refractivity contribution is 6.31. The lowest BCUT2D eigenvalue weighted by molar-refractivity contribution is -0.142. The van der Waals surface area contributed by atoms with Crippen LogP contribution in [0.1, 0.15) is 6.42 Å². The van der Waals surface area contributed by atoms with Gasteiger partial charge in [-0.15, -0.1) is 0 Å². The van der Waals surface area contributed by atoms with E-state index in [0.29, 0.717) is 53.9 Å². The molecule has 33 heavy (non-hydrogen) atoms. The van der Waals surface area contributed by atoms with Crippen LogP contribution in [0.5, 0.6) is 5.75 Å². The van der Waals surface area contributed by atoms with Gasteiger partial charge >= 0.3 is 5.76 Å². The monoisotopic (exact) mass is 471 g/mol. The first-order valence-corrected chi connectivity index (χ1v) is 11.1. The van der Waals surface area contributed by atoms with Gasteiger partial charge in [-0.2, -0.15) is 0 Å². The molecule has 2 aromatic carbocycles. The molecule has 0 unspecified atom stereocenters. The number of amides is 2. The number of fused-ring (bicyclic) bond motifs is 2. The second kappa shape index (κ2) is 8.92. The molecule has 5 rings (SSSR count). The van der Waals surface area contributed by atoms with Crippen molar-refractivity contribution in [2.24, 2.45) is 0 Å². The fourth-order valence-electron chi connectivity index (χ4n) is 4.18. The Morgan fingerprint density at radius 2 is 1.88 bits per heavy atom. The standard InChI is InChI=1S/C23H22ClN3O6/c24-15-5-6-17-19(13-15)33-23(30)26(17)8-7-21(28)27-14-20(22(29)25-9-11-31-12-10-25)32-18-4-2-1-3-16(18)27/h1-6,13,20H,7-12,14H2/t20-/m1/s1. The molecule has 3 aromatic rings. The van der Waals surface area contributed by atoms with Crippen LogP contribution in [-0.2, 0) is 20.9 Å². The molecule has 0 spiro atoms. The van der Waals surface area contributed by atoms with Crippen LogP contribution in [-0.4, -0.2) is 60.2 Å². The van der Waals surface area contributed by atoms with Crippen LogP contribution in [0.4, 0.5) is 5.69 Å². The van der Waals surface area contributed by atoms with Crippen LogP contribution in [0, 0.1) is 0 Å². The van der Waals surface area contributed by atoms with E-state index in [9.17, 15) is 14.4 Å². The zero-order chi connectivity index (χ0) is 22.9. The van der Waals surface area contributed by atoms with E-state index in [1.165, 1.54) is 4.57 Å². The number of ether oxygens (including phenoxy) is 2. The summed E-state index contributed by atoms with van der Waals surface area (Å²) < 4.78 is 17.9. The molecule has 10 heteroatoms. The number of rotatable bonds is 4. The summed E-state index contributed by atoms with van der Waals surface area (Å²) in [5.74, 6) is -0.465. The maximum atomic E-state index is 13.3. The highest BCUT2D eigenvalue weighted by Gasteiger charge is 2.36. The number of carbonyl (C=O) groups excluding carboxylic acids is 2. The van der Waals surface area contributed by atoms with E-state index in [4.69, 9.17) is 25.5 Å². The molecular formula is C23H22ClN3O6. The molecule has 9 nitrogen and oxygen atoms in total. The van der Waals surface area contributed by atoms with Gasteiger partial charge in [-0.1, -0.05) is 23.7 Å². The number of nitrogens with zero attached hydrogens (tertiary/aromatic N) is 3. The molecule has 172 valence electrons. The SMILES string of the molecule is O=C([C@H]1CN(C(=O)CCn2c(=O)oc3cc(Cl)ccc32)c2ccccc2O1)N1CCOCC1. The number of hydrogen-bond acceptors (Lipinski definition) is 6. The molecule has 0 N–H and O–H groups in total. The fourth-order valence-corrected chi connectivity index (χ4v) is 4.34. The Hall–Kier alpha value is -3.30. The Morgan fingerprint density at radius 1 is 1.09 bits per heavy atom. The number of carbonyl (C=O) groups is 2. The zero-order valence-corrected chi connectivity index (χ0v) is 18.5. The molecule has 2 aliphatic heterocycles. The van der Waals surface area contributed by atoms with E-state index < -0.39 is 11.9 Å². The Labute approximate surface area is 194 Å². The number of anilines is 1. The van der Waals surface area contributed by atoms with Gasteiger partial charge in [0.2, 0.25) is 5.91 Å². The Kier molecular flexibility index (Phi) is 5.82. The van der Waals surface area contributed by atoms with Crippen molar-refractivity contribution in [3.05, 3.63) is 58.0 Å². The van der Waals surface area contributed by atoms with Crippen LogP contribution in [0.2, 0.25) is 5.02 Å². The molecule has 1 fully saturated rings. The summed E-state index contributed by atoms with van der Waals surface area (Å²) in [6, 6.07) is 12.0. The topological polar surface area (TPSA) is 94.2 Å². The minimum absolute atomic E-state index is 0.0456. The van der Waals surface area contributed by atoms with Gasteiger partial charge in [-0.05, 0) is 24.3 Å². The molecule has 1 atom stereocenters. The van der Waals surface area contributed by atoms with Crippen LogP contribution in [0.3, 0.4) is 0 Å². The summed E-state index contributed by atoms with van der Waals surface area (Å²) in [6.07, 6.45) is -0.759. The van der Waals surface area contributed by atoms with Crippen molar-refractivity contribution in [1.29, 1.82) is 0 Å². The highest BCUT2D eigenvalue weighted by Crippen LogP contribution is 2.34. The number of benzene rings is 2. The van der Waals surface area contributed by atoms with Crippen molar-refractivity contribution < 1.29 is 23.5 Å². The summed E-state index contributed by atoms with van der Waals surface area (Å²) in [7, 11) is 0. The van der Waals surface area contributed by atoms with Gasteiger partial charge in [0.05, 0.1) is 31.0 Å². The summed E-state index contributed by atoms with van der Waals surface area (Å²) in [5.41, 5.74) is 1.54. The van der Waals surface area contributed by atoms with E-state index in [1.807, 2.05) is 6.07 Å². The van der Waals surface area contributed by atoms with Crippen molar-refractivity contribution in [2.75, 3.05) is 37.7 Å². The summed E-state index contributed by atoms with van der Waals surface area (Å²) in [5, 5.41) is 0.459. The average Bonchev–Trinajstić information content (AvgIpc) is 3.15.